The van der Waals surface area contributed by atoms with Gasteiger partial charge in [-0.15, -0.1) is 0 Å². The summed E-state index contributed by atoms with van der Waals surface area (Å²) in [5, 5.41) is 11.8. The molecule has 0 radical (unpaired) electrons. The lowest BCUT2D eigenvalue weighted by Crippen LogP contribution is -2.54. The number of sulfonamides is 1. The maximum absolute atomic E-state index is 12.5. The van der Waals surface area contributed by atoms with E-state index in [0.717, 1.165) is 24.8 Å². The van der Waals surface area contributed by atoms with E-state index < -0.39 is 15.6 Å². The van der Waals surface area contributed by atoms with Crippen LogP contribution < -0.4 is 10.5 Å². The van der Waals surface area contributed by atoms with Crippen LogP contribution in [0.5, 0.6) is 0 Å². The lowest BCUT2D eigenvalue weighted by Gasteiger charge is -2.27. The number of hydrogen-bond donors (Lipinski definition) is 3. The summed E-state index contributed by atoms with van der Waals surface area (Å²) in [5.74, 6) is -0.158. The van der Waals surface area contributed by atoms with Crippen molar-refractivity contribution in [3.05, 3.63) is 29.3 Å². The van der Waals surface area contributed by atoms with Gasteiger partial charge in [-0.3, -0.25) is 0 Å². The van der Waals surface area contributed by atoms with Gasteiger partial charge >= 0.3 is 0 Å². The van der Waals surface area contributed by atoms with E-state index in [1.54, 1.807) is 26.0 Å². The SMILES string of the molecule is CCC(C)(NS(=O)(=O)c1ccc2c(c1)CCC2)/C(N)=N/O. The first-order valence-electron chi connectivity index (χ1n) is 6.96. The first kappa shape index (κ1) is 15.8. The Bertz CT molecular complexity index is 670. The van der Waals surface area contributed by atoms with Gasteiger partial charge in [0.25, 0.3) is 0 Å². The summed E-state index contributed by atoms with van der Waals surface area (Å²) in [5.41, 5.74) is 6.79. The first-order chi connectivity index (χ1) is 9.82. The van der Waals surface area contributed by atoms with Crippen molar-refractivity contribution in [1.29, 1.82) is 0 Å². The van der Waals surface area contributed by atoms with Crippen LogP contribution in [0, 0.1) is 0 Å². The molecule has 0 bridgehead atoms. The molecule has 0 heterocycles. The number of nitrogens with two attached hydrogens (primary N) is 1. The van der Waals surface area contributed by atoms with Crippen molar-refractivity contribution in [2.75, 3.05) is 0 Å². The highest BCUT2D eigenvalue weighted by molar-refractivity contribution is 7.89. The summed E-state index contributed by atoms with van der Waals surface area (Å²) < 4.78 is 27.6. The maximum atomic E-state index is 12.5. The van der Waals surface area contributed by atoms with Crippen LogP contribution in [0.2, 0.25) is 0 Å². The maximum Gasteiger partial charge on any atom is 0.241 e. The van der Waals surface area contributed by atoms with Gasteiger partial charge in [-0.1, -0.05) is 18.1 Å². The van der Waals surface area contributed by atoms with Crippen LogP contribution in [0.3, 0.4) is 0 Å². The summed E-state index contributed by atoms with van der Waals surface area (Å²) >= 11 is 0. The van der Waals surface area contributed by atoms with E-state index in [1.807, 2.05) is 6.07 Å². The van der Waals surface area contributed by atoms with Crippen molar-refractivity contribution in [3.8, 4) is 0 Å². The molecule has 4 N–H and O–H groups in total. The summed E-state index contributed by atoms with van der Waals surface area (Å²) in [6, 6.07) is 5.19. The summed E-state index contributed by atoms with van der Waals surface area (Å²) in [7, 11) is -3.73. The summed E-state index contributed by atoms with van der Waals surface area (Å²) in [4.78, 5) is 0.216. The molecular weight excluding hydrogens is 290 g/mol. The number of amidine groups is 1. The molecule has 1 unspecified atom stereocenters. The molecule has 0 aromatic heterocycles. The molecule has 1 aliphatic carbocycles. The van der Waals surface area contributed by atoms with Crippen molar-refractivity contribution in [2.24, 2.45) is 10.9 Å². The second kappa shape index (κ2) is 5.65. The fourth-order valence-electron chi connectivity index (χ4n) is 2.49. The minimum Gasteiger partial charge on any atom is -0.409 e. The van der Waals surface area contributed by atoms with Crippen LogP contribution in [0.1, 0.15) is 37.8 Å². The third kappa shape index (κ3) is 3.03. The lowest BCUT2D eigenvalue weighted by molar-refractivity contribution is 0.310. The number of hydrogen-bond acceptors (Lipinski definition) is 4. The Morgan fingerprint density at radius 1 is 1.43 bits per heavy atom. The topological polar surface area (TPSA) is 105 Å². The van der Waals surface area contributed by atoms with Gasteiger partial charge in [-0.2, -0.15) is 4.72 Å². The minimum atomic E-state index is -3.73. The molecule has 0 saturated heterocycles. The summed E-state index contributed by atoms with van der Waals surface area (Å²) in [6.45, 7) is 3.36. The molecular formula is C14H21N3O3S. The van der Waals surface area contributed by atoms with Crippen LogP contribution in [0.25, 0.3) is 0 Å². The average Bonchev–Trinajstić information content (AvgIpc) is 2.93. The molecule has 0 saturated carbocycles. The Labute approximate surface area is 125 Å². The second-order valence-corrected chi connectivity index (χ2v) is 7.24. The minimum absolute atomic E-state index is 0.158. The molecule has 1 aromatic carbocycles. The van der Waals surface area contributed by atoms with Crippen LogP contribution in [0.15, 0.2) is 28.3 Å². The standard InChI is InChI=1S/C14H21N3O3S/c1-3-14(2,13(15)16-18)17-21(19,20)12-8-7-10-5-4-6-11(10)9-12/h7-9,17-18H,3-6H2,1-2H3,(H2,15,16). The highest BCUT2D eigenvalue weighted by Gasteiger charge is 2.33. The number of fused-ring (bicyclic) bond motifs is 1. The summed E-state index contributed by atoms with van der Waals surface area (Å²) in [6.07, 6.45) is 3.33. The van der Waals surface area contributed by atoms with Gasteiger partial charge in [-0.25, -0.2) is 8.42 Å². The third-order valence-corrected chi connectivity index (χ3v) is 5.71. The van der Waals surface area contributed by atoms with Crippen LogP contribution in [0.4, 0.5) is 0 Å². The largest absolute Gasteiger partial charge is 0.409 e. The van der Waals surface area contributed by atoms with E-state index in [9.17, 15) is 8.42 Å². The number of aryl methyl sites for hydroxylation is 2. The highest BCUT2D eigenvalue weighted by atomic mass is 32.2. The number of nitrogens with zero attached hydrogens (tertiary/aromatic N) is 1. The van der Waals surface area contributed by atoms with E-state index in [1.165, 1.54) is 5.56 Å². The van der Waals surface area contributed by atoms with E-state index in [0.29, 0.717) is 6.42 Å². The zero-order chi connectivity index (χ0) is 15.7. The number of benzene rings is 1. The monoisotopic (exact) mass is 311 g/mol. The van der Waals surface area contributed by atoms with Gasteiger partial charge in [0.05, 0.1) is 10.4 Å². The number of nitrogens with one attached hydrogen (secondary N) is 1. The van der Waals surface area contributed by atoms with Gasteiger partial charge in [0, 0.05) is 0 Å². The average molecular weight is 311 g/mol. The number of rotatable bonds is 5. The van der Waals surface area contributed by atoms with E-state index in [2.05, 4.69) is 9.88 Å². The molecule has 0 amide bonds. The predicted octanol–water partition coefficient (Wildman–Crippen LogP) is 1.37. The molecule has 1 atom stereocenters. The highest BCUT2D eigenvalue weighted by Crippen LogP contribution is 2.25. The lowest BCUT2D eigenvalue weighted by atomic mass is 10.00. The van der Waals surface area contributed by atoms with Crippen molar-refractivity contribution >= 4 is 15.9 Å². The fourth-order valence-corrected chi connectivity index (χ4v) is 3.99. The quantitative estimate of drug-likeness (QED) is 0.330. The normalized spacial score (nSPS) is 18.3. The zero-order valence-electron chi connectivity index (χ0n) is 12.3. The van der Waals surface area contributed by atoms with Crippen molar-refractivity contribution in [1.82, 2.24) is 4.72 Å². The van der Waals surface area contributed by atoms with Crippen LogP contribution >= 0.6 is 0 Å². The Hall–Kier alpha value is -1.60. The van der Waals surface area contributed by atoms with Gasteiger partial charge in [-0.05, 0) is 55.9 Å². The molecule has 0 spiro atoms. The smallest absolute Gasteiger partial charge is 0.241 e. The fraction of sp³-hybridized carbons (Fsp3) is 0.500. The molecule has 116 valence electrons. The Morgan fingerprint density at radius 2 is 2.10 bits per heavy atom. The molecule has 6 nitrogen and oxygen atoms in total. The molecule has 7 heteroatoms. The van der Waals surface area contributed by atoms with E-state index in [4.69, 9.17) is 10.9 Å². The van der Waals surface area contributed by atoms with Crippen molar-refractivity contribution in [3.63, 3.8) is 0 Å². The zero-order valence-corrected chi connectivity index (χ0v) is 13.1. The van der Waals surface area contributed by atoms with E-state index >= 15 is 0 Å². The van der Waals surface area contributed by atoms with Crippen molar-refractivity contribution < 1.29 is 13.6 Å². The molecule has 21 heavy (non-hydrogen) atoms. The van der Waals surface area contributed by atoms with Crippen molar-refractivity contribution in [2.45, 2.75) is 50.0 Å². The molecule has 2 rings (SSSR count). The molecule has 0 fully saturated rings. The van der Waals surface area contributed by atoms with Gasteiger partial charge < -0.3 is 10.9 Å². The molecule has 0 aliphatic heterocycles. The molecule has 1 aliphatic rings. The Morgan fingerprint density at radius 3 is 2.71 bits per heavy atom. The number of oxime groups is 1. The van der Waals surface area contributed by atoms with Crippen LogP contribution in [-0.4, -0.2) is 25.0 Å². The second-order valence-electron chi connectivity index (χ2n) is 5.56. The molecule has 1 aromatic rings. The predicted molar refractivity (Wildman–Crippen MR) is 80.9 cm³/mol. The van der Waals surface area contributed by atoms with Gasteiger partial charge in [0.2, 0.25) is 10.0 Å². The van der Waals surface area contributed by atoms with E-state index in [-0.39, 0.29) is 10.7 Å². The Kier molecular flexibility index (Phi) is 4.25. The Balaban J connectivity index is 2.34. The van der Waals surface area contributed by atoms with Crippen LogP contribution in [-0.2, 0) is 22.9 Å². The van der Waals surface area contributed by atoms with Gasteiger partial charge in [0.15, 0.2) is 5.84 Å². The first-order valence-corrected chi connectivity index (χ1v) is 8.44. The third-order valence-electron chi connectivity index (χ3n) is 4.12. The van der Waals surface area contributed by atoms with Gasteiger partial charge in [0.1, 0.15) is 0 Å².